The Labute approximate surface area is 95.0 Å². The van der Waals surface area contributed by atoms with Crippen molar-refractivity contribution in [3.63, 3.8) is 0 Å². The first kappa shape index (κ1) is 10.9. The normalized spacial score (nSPS) is 10.9. The summed E-state index contributed by atoms with van der Waals surface area (Å²) in [5.74, 6) is 0. The van der Waals surface area contributed by atoms with Crippen LogP contribution in [-0.4, -0.2) is 24.6 Å². The number of rotatable bonds is 2. The molecule has 2 aromatic rings. The van der Waals surface area contributed by atoms with Crippen LogP contribution in [0.3, 0.4) is 0 Å². The summed E-state index contributed by atoms with van der Waals surface area (Å²) in [5.41, 5.74) is 3.51. The smallest absolute Gasteiger partial charge is 0.427 e. The van der Waals surface area contributed by atoms with Gasteiger partial charge in [0.05, 0.1) is 13.3 Å². The molecule has 0 saturated heterocycles. The largest absolute Gasteiger partial charge is 0.452 e. The van der Waals surface area contributed by atoms with Gasteiger partial charge in [-0.15, -0.1) is 0 Å². The van der Waals surface area contributed by atoms with Gasteiger partial charge in [0.25, 0.3) is 0 Å². The molecule has 88 valence electrons. The number of carbonyl (C=O) groups is 1. The van der Waals surface area contributed by atoms with E-state index in [-0.39, 0.29) is 0 Å². The van der Waals surface area contributed by atoms with Crippen LogP contribution < -0.4 is 10.3 Å². The molecule has 0 atom stereocenters. The predicted molar refractivity (Wildman–Crippen MR) is 56.1 cm³/mol. The number of hydrazone groups is 1. The van der Waals surface area contributed by atoms with Crippen molar-refractivity contribution in [3.8, 4) is 0 Å². The summed E-state index contributed by atoms with van der Waals surface area (Å²) < 4.78 is 8.73. The molecule has 1 aromatic heterocycles. The van der Waals surface area contributed by atoms with E-state index >= 15 is 0 Å². The molecule has 8 nitrogen and oxygen atoms in total. The van der Waals surface area contributed by atoms with Gasteiger partial charge >= 0.3 is 6.09 Å². The topological polar surface area (TPSA) is 104 Å². The Morgan fingerprint density at radius 1 is 1.71 bits per heavy atom. The maximum absolute atomic E-state index is 11.0. The molecule has 1 heterocycles. The minimum atomic E-state index is -0.666. The molecule has 0 unspecified atom stereocenters. The zero-order valence-electron chi connectivity index (χ0n) is 8.78. The Morgan fingerprint density at radius 2 is 2.53 bits per heavy atom. The van der Waals surface area contributed by atoms with E-state index in [1.165, 1.54) is 13.3 Å². The Balaban J connectivity index is 2.17. The number of hydrogen-bond donors (Lipinski definition) is 1. The van der Waals surface area contributed by atoms with E-state index in [0.717, 1.165) is 0 Å². The molecule has 1 N–H and O–H groups in total. The second-order valence-electron chi connectivity index (χ2n) is 3.04. The van der Waals surface area contributed by atoms with Crippen molar-refractivity contribution in [2.24, 2.45) is 5.10 Å². The highest BCUT2D eigenvalue weighted by molar-refractivity contribution is 5.86. The van der Waals surface area contributed by atoms with Crippen molar-refractivity contribution in [1.29, 1.82) is 0 Å². The summed E-state index contributed by atoms with van der Waals surface area (Å²) in [6, 6.07) is 4.77. The van der Waals surface area contributed by atoms with Crippen LogP contribution in [-0.2, 0) is 4.74 Å². The molecule has 17 heavy (non-hydrogen) atoms. The maximum Gasteiger partial charge on any atom is 0.427 e. The lowest BCUT2D eigenvalue weighted by Crippen LogP contribution is -2.22. The standard InChI is InChI=1S/C9H8N4O4/c1-16-9(14)11-10-5-6-2-3-8-7(4-6)12-17-13(8)15/h2-5H,1H3,(H,11,14)/b10-5+. The van der Waals surface area contributed by atoms with Gasteiger partial charge in [-0.1, -0.05) is 0 Å². The van der Waals surface area contributed by atoms with E-state index in [4.69, 9.17) is 0 Å². The number of nitrogens with zero attached hydrogens (tertiary/aromatic N) is 3. The third-order valence-corrected chi connectivity index (χ3v) is 1.96. The highest BCUT2D eigenvalue weighted by Crippen LogP contribution is 2.08. The lowest BCUT2D eigenvalue weighted by molar-refractivity contribution is -0.782. The maximum atomic E-state index is 11.0. The summed E-state index contributed by atoms with van der Waals surface area (Å²) in [5, 5.41) is 18.2. The second-order valence-corrected chi connectivity index (χ2v) is 3.04. The molecule has 0 aliphatic carbocycles. The van der Waals surface area contributed by atoms with Crippen LogP contribution in [0.15, 0.2) is 27.9 Å². The minimum Gasteiger partial charge on any atom is -0.452 e. The van der Waals surface area contributed by atoms with Crippen LogP contribution in [0.4, 0.5) is 4.79 Å². The number of methoxy groups -OCH3 is 1. The molecule has 0 saturated carbocycles. The lowest BCUT2D eigenvalue weighted by Gasteiger charge is -1.95. The third-order valence-electron chi connectivity index (χ3n) is 1.96. The number of ether oxygens (including phenoxy) is 1. The van der Waals surface area contributed by atoms with Gasteiger partial charge in [0.15, 0.2) is 0 Å². The number of hydrogen-bond acceptors (Lipinski definition) is 6. The zero-order chi connectivity index (χ0) is 12.3. The summed E-state index contributed by atoms with van der Waals surface area (Å²) in [4.78, 5) is 11.0. The van der Waals surface area contributed by atoms with Crippen LogP contribution in [0.2, 0.25) is 0 Å². The van der Waals surface area contributed by atoms with E-state index in [9.17, 15) is 10.0 Å². The van der Waals surface area contributed by atoms with Crippen LogP contribution in [0.25, 0.3) is 11.0 Å². The highest BCUT2D eigenvalue weighted by atomic mass is 16.8. The Morgan fingerprint density at radius 3 is 3.29 bits per heavy atom. The summed E-state index contributed by atoms with van der Waals surface area (Å²) in [6.45, 7) is 0. The van der Waals surface area contributed by atoms with E-state index in [1.54, 1.807) is 18.2 Å². The fourth-order valence-electron chi connectivity index (χ4n) is 1.18. The van der Waals surface area contributed by atoms with Crippen LogP contribution in [0.5, 0.6) is 0 Å². The van der Waals surface area contributed by atoms with E-state index in [1.807, 2.05) is 0 Å². The fraction of sp³-hybridized carbons (Fsp3) is 0.111. The molecule has 0 aliphatic heterocycles. The molecule has 0 fully saturated rings. The van der Waals surface area contributed by atoms with Gasteiger partial charge in [-0.05, 0) is 22.6 Å². The highest BCUT2D eigenvalue weighted by Gasteiger charge is 2.08. The number of benzene rings is 1. The summed E-state index contributed by atoms with van der Waals surface area (Å²) >= 11 is 0. The Bertz CT molecular complexity index is 577. The quantitative estimate of drug-likeness (QED) is 0.454. The number of nitrogens with one attached hydrogen (secondary N) is 1. The third kappa shape index (κ3) is 2.30. The summed E-state index contributed by atoms with van der Waals surface area (Å²) in [6.07, 6.45) is 0.723. The van der Waals surface area contributed by atoms with Crippen molar-refractivity contribution in [2.45, 2.75) is 0 Å². The molecule has 8 heteroatoms. The average Bonchev–Trinajstić information content (AvgIpc) is 2.70. The van der Waals surface area contributed by atoms with Crippen LogP contribution in [0.1, 0.15) is 5.56 Å². The van der Waals surface area contributed by atoms with Gasteiger partial charge in [-0.2, -0.15) is 5.10 Å². The van der Waals surface area contributed by atoms with Gasteiger partial charge < -0.3 is 9.94 Å². The SMILES string of the molecule is COC(=O)N/N=C/c1ccc2c(c1)no[n+]2[O-]. The van der Waals surface area contributed by atoms with Crippen molar-refractivity contribution in [2.75, 3.05) is 7.11 Å². The average molecular weight is 236 g/mol. The number of fused-ring (bicyclic) bond motifs is 1. The lowest BCUT2D eigenvalue weighted by atomic mass is 10.2. The molecule has 1 amide bonds. The monoisotopic (exact) mass is 236 g/mol. The van der Waals surface area contributed by atoms with Gasteiger partial charge in [0.2, 0.25) is 11.0 Å². The van der Waals surface area contributed by atoms with Gasteiger partial charge in [-0.25, -0.2) is 10.2 Å². The van der Waals surface area contributed by atoms with Crippen molar-refractivity contribution >= 4 is 23.3 Å². The summed E-state index contributed by atoms with van der Waals surface area (Å²) in [7, 11) is 1.24. The Hall–Kier alpha value is -2.64. The van der Waals surface area contributed by atoms with Gasteiger partial charge in [0, 0.05) is 11.2 Å². The predicted octanol–water partition coefficient (Wildman–Crippen LogP) is 0.151. The minimum absolute atomic E-state index is 0.308. The first-order chi connectivity index (χ1) is 8.20. The van der Waals surface area contributed by atoms with E-state index < -0.39 is 6.09 Å². The first-order valence-corrected chi connectivity index (χ1v) is 4.57. The Kier molecular flexibility index (Phi) is 2.86. The van der Waals surface area contributed by atoms with Crippen molar-refractivity contribution in [3.05, 3.63) is 29.0 Å². The zero-order valence-corrected chi connectivity index (χ0v) is 8.78. The first-order valence-electron chi connectivity index (χ1n) is 4.57. The molecular weight excluding hydrogens is 228 g/mol. The number of amides is 1. The number of aromatic nitrogens is 2. The van der Waals surface area contributed by atoms with Gasteiger partial charge in [-0.3, -0.25) is 4.63 Å². The molecular formula is C9H8N4O4. The number of carbonyl (C=O) groups excluding carboxylic acids is 1. The van der Waals surface area contributed by atoms with Crippen LogP contribution >= 0.6 is 0 Å². The van der Waals surface area contributed by atoms with Crippen molar-refractivity contribution < 1.29 is 19.1 Å². The van der Waals surface area contributed by atoms with Crippen molar-refractivity contribution in [1.82, 2.24) is 10.6 Å². The van der Waals surface area contributed by atoms with Gasteiger partial charge in [0.1, 0.15) is 0 Å². The molecule has 0 radical (unpaired) electrons. The molecule has 2 rings (SSSR count). The second kappa shape index (κ2) is 4.47. The molecule has 0 aliphatic rings. The molecule has 1 aromatic carbocycles. The van der Waals surface area contributed by atoms with E-state index in [0.29, 0.717) is 21.5 Å². The molecule has 0 spiro atoms. The fourth-order valence-corrected chi connectivity index (χ4v) is 1.18. The molecule has 0 bridgehead atoms. The van der Waals surface area contributed by atoms with E-state index in [2.05, 4.69) is 25.0 Å². The van der Waals surface area contributed by atoms with Crippen LogP contribution in [0, 0.1) is 5.21 Å².